The van der Waals surface area contributed by atoms with Gasteiger partial charge in [0.15, 0.2) is 0 Å². The summed E-state index contributed by atoms with van der Waals surface area (Å²) in [7, 11) is 0. The van der Waals surface area contributed by atoms with E-state index in [9.17, 15) is 9.59 Å². The molecule has 0 aliphatic carbocycles. The molecule has 0 saturated carbocycles. The molecule has 22 heavy (non-hydrogen) atoms. The number of hydrogen-bond donors (Lipinski definition) is 2. The molecule has 7 heteroatoms. The fourth-order valence-electron chi connectivity index (χ4n) is 2.38. The zero-order chi connectivity index (χ0) is 16.3. The van der Waals surface area contributed by atoms with Crippen molar-refractivity contribution in [2.75, 3.05) is 13.1 Å². The maximum atomic E-state index is 12.1. The maximum absolute atomic E-state index is 12.1. The molecule has 1 aliphatic heterocycles. The summed E-state index contributed by atoms with van der Waals surface area (Å²) in [4.78, 5) is 29.5. The van der Waals surface area contributed by atoms with Gasteiger partial charge in [0.05, 0.1) is 17.2 Å². The van der Waals surface area contributed by atoms with E-state index in [1.807, 2.05) is 5.38 Å². The number of carbonyl (C=O) groups is 2. The minimum atomic E-state index is -0.266. The molecule has 1 aromatic heterocycles. The Morgan fingerprint density at radius 2 is 2.05 bits per heavy atom. The highest BCUT2D eigenvalue weighted by Crippen LogP contribution is 2.25. The first-order valence-corrected chi connectivity index (χ1v) is 8.42. The Morgan fingerprint density at radius 3 is 2.55 bits per heavy atom. The Bertz CT molecular complexity index is 542. The van der Waals surface area contributed by atoms with Crippen LogP contribution in [0.25, 0.3) is 0 Å². The van der Waals surface area contributed by atoms with Crippen LogP contribution in [0.15, 0.2) is 5.38 Å². The highest BCUT2D eigenvalue weighted by atomic mass is 32.1. The molecule has 2 rings (SSSR count). The molecule has 0 unspecified atom stereocenters. The van der Waals surface area contributed by atoms with Crippen LogP contribution in [0.1, 0.15) is 44.3 Å². The van der Waals surface area contributed by atoms with Crippen LogP contribution in [0.4, 0.5) is 4.79 Å². The van der Waals surface area contributed by atoms with Gasteiger partial charge >= 0.3 is 6.03 Å². The first kappa shape index (κ1) is 16.7. The minimum absolute atomic E-state index is 0.0313. The van der Waals surface area contributed by atoms with E-state index in [1.165, 1.54) is 0 Å². The average Bonchev–Trinajstić information content (AvgIpc) is 2.94. The third-order valence-corrected chi connectivity index (χ3v) is 5.12. The number of primary amides is 1. The third-order valence-electron chi connectivity index (χ3n) is 3.80. The van der Waals surface area contributed by atoms with Crippen molar-refractivity contribution in [1.29, 1.82) is 0 Å². The monoisotopic (exact) mass is 324 g/mol. The highest BCUT2D eigenvalue weighted by molar-refractivity contribution is 7.09. The van der Waals surface area contributed by atoms with Gasteiger partial charge in [-0.25, -0.2) is 9.78 Å². The van der Waals surface area contributed by atoms with Crippen LogP contribution < -0.4 is 11.1 Å². The van der Waals surface area contributed by atoms with Gasteiger partial charge in [0, 0.05) is 29.8 Å². The fourth-order valence-corrected chi connectivity index (χ4v) is 3.28. The van der Waals surface area contributed by atoms with Crippen molar-refractivity contribution in [3.8, 4) is 0 Å². The number of nitrogens with zero attached hydrogens (tertiary/aromatic N) is 2. The fraction of sp³-hybridized carbons (Fsp3) is 0.667. The third kappa shape index (κ3) is 4.19. The van der Waals surface area contributed by atoms with E-state index >= 15 is 0 Å². The summed E-state index contributed by atoms with van der Waals surface area (Å²) in [6.07, 6.45) is 1.29. The smallest absolute Gasteiger partial charge is 0.317 e. The predicted octanol–water partition coefficient (Wildman–Crippen LogP) is 1.85. The number of nitrogens with one attached hydrogen (secondary N) is 1. The average molecular weight is 324 g/mol. The largest absolute Gasteiger partial charge is 0.369 e. The molecule has 1 aromatic rings. The van der Waals surface area contributed by atoms with Gasteiger partial charge in [0.2, 0.25) is 5.91 Å². The maximum Gasteiger partial charge on any atom is 0.317 e. The molecular weight excluding hydrogens is 300 g/mol. The summed E-state index contributed by atoms with van der Waals surface area (Å²) < 4.78 is 0. The molecule has 1 aliphatic rings. The normalized spacial score (nSPS) is 16.6. The number of piperidine rings is 1. The molecule has 3 N–H and O–H groups in total. The number of thiazole rings is 1. The quantitative estimate of drug-likeness (QED) is 0.889. The summed E-state index contributed by atoms with van der Waals surface area (Å²) in [5.74, 6) is -0.367. The van der Waals surface area contributed by atoms with E-state index < -0.39 is 0 Å². The first-order chi connectivity index (χ1) is 10.3. The molecule has 0 radical (unpaired) electrons. The molecule has 1 fully saturated rings. The van der Waals surface area contributed by atoms with Crippen LogP contribution >= 0.6 is 11.3 Å². The minimum Gasteiger partial charge on any atom is -0.369 e. The number of amides is 3. The van der Waals surface area contributed by atoms with Gasteiger partial charge in [-0.3, -0.25) is 4.79 Å². The lowest BCUT2D eigenvalue weighted by molar-refractivity contribution is -0.123. The summed E-state index contributed by atoms with van der Waals surface area (Å²) in [6.45, 7) is 7.94. The molecular formula is C15H24N4O2S. The van der Waals surface area contributed by atoms with Gasteiger partial charge in [0.1, 0.15) is 0 Å². The Labute approximate surface area is 135 Å². The van der Waals surface area contributed by atoms with Crippen molar-refractivity contribution < 1.29 is 9.59 Å². The van der Waals surface area contributed by atoms with Gasteiger partial charge in [-0.2, -0.15) is 0 Å². The van der Waals surface area contributed by atoms with E-state index in [0.717, 1.165) is 10.7 Å². The van der Waals surface area contributed by atoms with Crippen molar-refractivity contribution in [2.45, 2.75) is 45.6 Å². The van der Waals surface area contributed by atoms with Crippen LogP contribution in [-0.4, -0.2) is 34.9 Å². The van der Waals surface area contributed by atoms with Gasteiger partial charge in [-0.15, -0.1) is 11.3 Å². The van der Waals surface area contributed by atoms with Gasteiger partial charge < -0.3 is 16.0 Å². The molecule has 1 saturated heterocycles. The predicted molar refractivity (Wildman–Crippen MR) is 86.5 cm³/mol. The lowest BCUT2D eigenvalue weighted by Crippen LogP contribution is -2.46. The van der Waals surface area contributed by atoms with E-state index in [2.05, 4.69) is 31.1 Å². The van der Waals surface area contributed by atoms with E-state index in [1.54, 1.807) is 16.2 Å². The van der Waals surface area contributed by atoms with Crippen molar-refractivity contribution in [2.24, 2.45) is 11.7 Å². The Morgan fingerprint density at radius 1 is 1.41 bits per heavy atom. The number of hydrogen-bond acceptors (Lipinski definition) is 4. The number of nitrogens with two attached hydrogens (primary N) is 1. The van der Waals surface area contributed by atoms with Crippen molar-refractivity contribution in [1.82, 2.24) is 15.2 Å². The summed E-state index contributed by atoms with van der Waals surface area (Å²) in [6, 6.07) is -0.103. The SMILES string of the molecule is CC(C)(C)c1nc(CNC(=O)N2CCC(C(N)=O)CC2)cs1. The second-order valence-electron chi connectivity index (χ2n) is 6.72. The van der Waals surface area contributed by atoms with Crippen LogP contribution in [0.5, 0.6) is 0 Å². The van der Waals surface area contributed by atoms with E-state index in [-0.39, 0.29) is 23.3 Å². The van der Waals surface area contributed by atoms with Crippen molar-refractivity contribution in [3.05, 3.63) is 16.1 Å². The number of carbonyl (C=O) groups excluding carboxylic acids is 2. The molecule has 6 nitrogen and oxygen atoms in total. The first-order valence-electron chi connectivity index (χ1n) is 7.54. The lowest BCUT2D eigenvalue weighted by atomic mass is 9.96. The molecule has 3 amide bonds. The molecule has 122 valence electrons. The molecule has 2 heterocycles. The molecule has 0 spiro atoms. The summed E-state index contributed by atoms with van der Waals surface area (Å²) in [5.41, 5.74) is 6.21. The Balaban J connectivity index is 1.81. The second kappa shape index (κ2) is 6.64. The molecule has 0 aromatic carbocycles. The zero-order valence-electron chi connectivity index (χ0n) is 13.4. The Hall–Kier alpha value is -1.63. The van der Waals surface area contributed by atoms with Crippen molar-refractivity contribution in [3.63, 3.8) is 0 Å². The van der Waals surface area contributed by atoms with Crippen molar-refractivity contribution >= 4 is 23.3 Å². The van der Waals surface area contributed by atoms with Crippen LogP contribution in [-0.2, 0) is 16.8 Å². The summed E-state index contributed by atoms with van der Waals surface area (Å²) >= 11 is 1.62. The van der Waals surface area contributed by atoms with Crippen LogP contribution in [0, 0.1) is 5.92 Å². The lowest BCUT2D eigenvalue weighted by Gasteiger charge is -2.30. The second-order valence-corrected chi connectivity index (χ2v) is 7.57. The number of likely N-dealkylation sites (tertiary alicyclic amines) is 1. The number of aromatic nitrogens is 1. The van der Waals surface area contributed by atoms with Gasteiger partial charge in [-0.1, -0.05) is 20.8 Å². The zero-order valence-corrected chi connectivity index (χ0v) is 14.2. The molecule has 0 bridgehead atoms. The Kier molecular flexibility index (Phi) is 5.05. The van der Waals surface area contributed by atoms with E-state index in [4.69, 9.17) is 5.73 Å². The van der Waals surface area contributed by atoms with Gasteiger partial charge in [0.25, 0.3) is 0 Å². The van der Waals surface area contributed by atoms with E-state index in [0.29, 0.717) is 32.5 Å². The highest BCUT2D eigenvalue weighted by Gasteiger charge is 2.26. The number of rotatable bonds is 3. The number of urea groups is 1. The summed E-state index contributed by atoms with van der Waals surface area (Å²) in [5, 5.41) is 5.95. The molecule has 0 atom stereocenters. The topological polar surface area (TPSA) is 88.3 Å². The van der Waals surface area contributed by atoms with Gasteiger partial charge in [-0.05, 0) is 12.8 Å². The van der Waals surface area contributed by atoms with Crippen LogP contribution in [0.3, 0.4) is 0 Å². The van der Waals surface area contributed by atoms with Crippen LogP contribution in [0.2, 0.25) is 0 Å². The standard InChI is InChI=1S/C15H24N4O2S/c1-15(2,3)13-18-11(9-22-13)8-17-14(21)19-6-4-10(5-7-19)12(16)20/h9-10H,4-8H2,1-3H3,(H2,16,20)(H,17,21).